The zero-order valence-corrected chi connectivity index (χ0v) is 10.6. The maximum Gasteiger partial charge on any atom is 0.189 e. The third-order valence-corrected chi connectivity index (χ3v) is 2.20. The molecule has 0 aliphatic rings. The van der Waals surface area contributed by atoms with Gasteiger partial charge >= 0.3 is 0 Å². The highest BCUT2D eigenvalue weighted by atomic mass is 16.4. The van der Waals surface area contributed by atoms with Gasteiger partial charge in [0, 0.05) is 0 Å². The van der Waals surface area contributed by atoms with E-state index in [-0.39, 0.29) is 0 Å². The fourth-order valence-corrected chi connectivity index (χ4v) is 0.880. The summed E-state index contributed by atoms with van der Waals surface area (Å²) >= 11 is 0. The largest absolute Gasteiger partial charge is 0.394 e. The summed E-state index contributed by atoms with van der Waals surface area (Å²) in [5.74, 6) is -0.901. The molecule has 0 aromatic heterocycles. The third kappa shape index (κ3) is 8.47. The molecule has 0 radical (unpaired) electrons. The molecule has 0 spiro atoms. The van der Waals surface area contributed by atoms with Crippen LogP contribution in [0.1, 0.15) is 0 Å². The van der Waals surface area contributed by atoms with Gasteiger partial charge in [0.15, 0.2) is 5.78 Å². The SMILES string of the molecule is O=C(CO)[C@H](O)[C@H](O)CO.OC[C@@H](O)[C@@H](O)[C@@H](O)CO. The fraction of sp³-hybridized carbons (Fsp3) is 0.900. The summed E-state index contributed by atoms with van der Waals surface area (Å²) in [6, 6.07) is 0. The molecule has 0 amide bonds. The van der Waals surface area contributed by atoms with E-state index >= 15 is 0 Å². The van der Waals surface area contributed by atoms with Crippen molar-refractivity contribution in [2.24, 2.45) is 0 Å². The molecule has 0 rings (SSSR count). The summed E-state index contributed by atoms with van der Waals surface area (Å²) in [5, 5.41) is 76.2. The highest BCUT2D eigenvalue weighted by Crippen LogP contribution is 1.98. The molecule has 0 aliphatic heterocycles. The number of carbonyl (C=O) groups is 1. The third-order valence-electron chi connectivity index (χ3n) is 2.20. The molecule has 0 heterocycles. The second-order valence-electron chi connectivity index (χ2n) is 3.81. The maximum absolute atomic E-state index is 10.3. The van der Waals surface area contributed by atoms with Crippen LogP contribution in [0.15, 0.2) is 0 Å². The standard InChI is InChI=1S/C5H12O5.C5H10O5/c2*6-1-3(8)5(10)4(9)2-7/h3-10H,1-2H2;3,5-8,10H,1-2H2/t3-,4+,5-;3-,5-/m.1/s1. The minimum atomic E-state index is -1.69. The Hall–Kier alpha value is -0.690. The van der Waals surface area contributed by atoms with Crippen molar-refractivity contribution in [1.82, 2.24) is 0 Å². The first kappa shape index (κ1) is 21.6. The molecule has 0 bridgehead atoms. The van der Waals surface area contributed by atoms with E-state index < -0.39 is 62.7 Å². The second kappa shape index (κ2) is 12.1. The predicted octanol–water partition coefficient (Wildman–Crippen LogP) is -5.68. The van der Waals surface area contributed by atoms with E-state index in [1.54, 1.807) is 0 Å². The zero-order valence-electron chi connectivity index (χ0n) is 10.6. The summed E-state index contributed by atoms with van der Waals surface area (Å²) in [5.41, 5.74) is 0. The molecule has 122 valence electrons. The lowest BCUT2D eigenvalue weighted by atomic mass is 10.1. The Kier molecular flexibility index (Phi) is 13.1. The number of carbonyl (C=O) groups excluding carboxylic acids is 1. The summed E-state index contributed by atoms with van der Waals surface area (Å²) < 4.78 is 0. The van der Waals surface area contributed by atoms with Crippen molar-refractivity contribution in [1.29, 1.82) is 0 Å². The van der Waals surface area contributed by atoms with Crippen molar-refractivity contribution in [2.75, 3.05) is 26.4 Å². The minimum Gasteiger partial charge on any atom is -0.394 e. The molecular formula is C10H22O10. The number of aliphatic hydroxyl groups excluding tert-OH is 9. The van der Waals surface area contributed by atoms with Crippen LogP contribution in [0.25, 0.3) is 0 Å². The first-order valence-corrected chi connectivity index (χ1v) is 5.63. The molecule has 10 nitrogen and oxygen atoms in total. The van der Waals surface area contributed by atoms with Crippen molar-refractivity contribution in [2.45, 2.75) is 30.5 Å². The smallest absolute Gasteiger partial charge is 0.189 e. The van der Waals surface area contributed by atoms with Gasteiger partial charge in [-0.3, -0.25) is 4.79 Å². The number of ketones is 1. The average Bonchev–Trinajstić information content (AvgIpc) is 2.50. The lowest BCUT2D eigenvalue weighted by molar-refractivity contribution is -0.137. The van der Waals surface area contributed by atoms with Crippen LogP contribution in [0.5, 0.6) is 0 Å². The first-order chi connectivity index (χ1) is 9.26. The van der Waals surface area contributed by atoms with E-state index in [9.17, 15) is 4.79 Å². The monoisotopic (exact) mass is 302 g/mol. The first-order valence-electron chi connectivity index (χ1n) is 5.63. The Balaban J connectivity index is 0. The van der Waals surface area contributed by atoms with Crippen molar-refractivity contribution in [3.05, 3.63) is 0 Å². The van der Waals surface area contributed by atoms with Crippen molar-refractivity contribution in [3.63, 3.8) is 0 Å². The van der Waals surface area contributed by atoms with Crippen LogP contribution >= 0.6 is 0 Å². The molecule has 5 atom stereocenters. The molecule has 0 fully saturated rings. The lowest BCUT2D eigenvalue weighted by Crippen LogP contribution is -2.41. The van der Waals surface area contributed by atoms with Crippen molar-refractivity contribution >= 4 is 5.78 Å². The topological polar surface area (TPSA) is 199 Å². The number of hydrogen-bond donors (Lipinski definition) is 9. The van der Waals surface area contributed by atoms with Crippen LogP contribution in [0, 0.1) is 0 Å². The lowest BCUT2D eigenvalue weighted by Gasteiger charge is -2.19. The van der Waals surface area contributed by atoms with E-state index in [2.05, 4.69) is 0 Å². The van der Waals surface area contributed by atoms with Gasteiger partial charge in [-0.15, -0.1) is 0 Å². The molecule has 0 aromatic carbocycles. The Morgan fingerprint density at radius 2 is 1.05 bits per heavy atom. The van der Waals surface area contributed by atoms with Gasteiger partial charge in [-0.05, 0) is 0 Å². The normalized spacial score (nSPS) is 18.2. The van der Waals surface area contributed by atoms with Crippen LogP contribution in [0.4, 0.5) is 0 Å². The van der Waals surface area contributed by atoms with Crippen LogP contribution in [0.2, 0.25) is 0 Å². The summed E-state index contributed by atoms with van der Waals surface area (Å²) in [6.45, 7) is -2.82. The highest BCUT2D eigenvalue weighted by molar-refractivity contribution is 5.84. The van der Waals surface area contributed by atoms with Crippen LogP contribution in [-0.2, 0) is 4.79 Å². The molecule has 0 saturated heterocycles. The zero-order chi connectivity index (χ0) is 16.3. The number of rotatable bonds is 8. The van der Waals surface area contributed by atoms with Gasteiger partial charge in [-0.25, -0.2) is 0 Å². The van der Waals surface area contributed by atoms with Gasteiger partial charge in [0.2, 0.25) is 0 Å². The molecule has 0 unspecified atom stereocenters. The maximum atomic E-state index is 10.3. The summed E-state index contributed by atoms with van der Waals surface area (Å²) in [6.07, 6.45) is -7.48. The quantitative estimate of drug-likeness (QED) is 0.208. The van der Waals surface area contributed by atoms with E-state index in [0.29, 0.717) is 0 Å². The van der Waals surface area contributed by atoms with E-state index in [1.165, 1.54) is 0 Å². The Bertz CT molecular complexity index is 238. The number of Topliss-reactive ketones (excluding diaryl/α,β-unsaturated/α-hetero) is 1. The minimum absolute atomic E-state index is 0.641. The van der Waals surface area contributed by atoms with Gasteiger partial charge in [-0.1, -0.05) is 0 Å². The molecule has 0 aromatic rings. The van der Waals surface area contributed by atoms with Gasteiger partial charge < -0.3 is 46.0 Å². The van der Waals surface area contributed by atoms with Crippen LogP contribution in [0.3, 0.4) is 0 Å². The van der Waals surface area contributed by atoms with Gasteiger partial charge in [0.25, 0.3) is 0 Å². The Morgan fingerprint density at radius 3 is 1.30 bits per heavy atom. The molecule has 9 N–H and O–H groups in total. The average molecular weight is 302 g/mol. The highest BCUT2D eigenvalue weighted by Gasteiger charge is 2.23. The molecular weight excluding hydrogens is 280 g/mol. The summed E-state index contributed by atoms with van der Waals surface area (Å²) in [4.78, 5) is 10.3. The second-order valence-corrected chi connectivity index (χ2v) is 3.81. The van der Waals surface area contributed by atoms with Gasteiger partial charge in [0.1, 0.15) is 37.1 Å². The van der Waals surface area contributed by atoms with Crippen molar-refractivity contribution in [3.8, 4) is 0 Å². The molecule has 0 saturated carbocycles. The van der Waals surface area contributed by atoms with E-state index in [4.69, 9.17) is 46.0 Å². The molecule has 10 heteroatoms. The summed E-state index contributed by atoms with van der Waals surface area (Å²) in [7, 11) is 0. The van der Waals surface area contributed by atoms with E-state index in [0.717, 1.165) is 0 Å². The fourth-order valence-electron chi connectivity index (χ4n) is 0.880. The van der Waals surface area contributed by atoms with Gasteiger partial charge in [-0.2, -0.15) is 0 Å². The van der Waals surface area contributed by atoms with Crippen LogP contribution in [-0.4, -0.2) is 109 Å². The number of hydrogen-bond acceptors (Lipinski definition) is 10. The predicted molar refractivity (Wildman–Crippen MR) is 63.4 cm³/mol. The van der Waals surface area contributed by atoms with E-state index in [1.807, 2.05) is 0 Å². The van der Waals surface area contributed by atoms with Crippen LogP contribution < -0.4 is 0 Å². The number of aliphatic hydroxyl groups is 9. The Morgan fingerprint density at radius 1 is 0.700 bits per heavy atom. The Labute approximate surface area is 114 Å². The molecule has 0 aliphatic carbocycles. The molecule has 20 heavy (non-hydrogen) atoms. The van der Waals surface area contributed by atoms with Gasteiger partial charge in [0.05, 0.1) is 19.8 Å². The van der Waals surface area contributed by atoms with Crippen molar-refractivity contribution < 1.29 is 50.8 Å².